The van der Waals surface area contributed by atoms with Crippen LogP contribution in [0, 0.1) is 0 Å². The van der Waals surface area contributed by atoms with Crippen molar-refractivity contribution in [3.63, 3.8) is 0 Å². The Balaban J connectivity index is 2.07. The van der Waals surface area contributed by atoms with E-state index in [1.54, 1.807) is 0 Å². The highest BCUT2D eigenvalue weighted by molar-refractivity contribution is 6.74. The molecule has 2 aromatic rings. The van der Waals surface area contributed by atoms with Crippen LogP contribution >= 0.6 is 0 Å². The number of rotatable bonds is 8. The highest BCUT2D eigenvalue weighted by Crippen LogP contribution is 2.39. The van der Waals surface area contributed by atoms with Gasteiger partial charge in [-0.2, -0.15) is 0 Å². The molecule has 1 saturated heterocycles. The van der Waals surface area contributed by atoms with Crippen molar-refractivity contribution in [3.8, 4) is 5.75 Å². The minimum atomic E-state index is -1.98. The van der Waals surface area contributed by atoms with Gasteiger partial charge in [-0.1, -0.05) is 51.1 Å². The summed E-state index contributed by atoms with van der Waals surface area (Å²) in [6.07, 6.45) is 1.98. The number of methoxy groups -OCH3 is 1. The van der Waals surface area contributed by atoms with Crippen molar-refractivity contribution < 1.29 is 14.0 Å². The van der Waals surface area contributed by atoms with E-state index in [9.17, 15) is 4.79 Å². The maximum atomic E-state index is 12.4. The molecule has 6 heteroatoms. The topological polar surface area (TPSA) is 42.0 Å². The van der Waals surface area contributed by atoms with E-state index in [4.69, 9.17) is 9.16 Å². The van der Waals surface area contributed by atoms with E-state index in [1.807, 2.05) is 24.3 Å². The lowest BCUT2D eigenvalue weighted by molar-refractivity contribution is 0.0306. The zero-order chi connectivity index (χ0) is 26.7. The first-order valence-corrected chi connectivity index (χ1v) is 15.9. The molecule has 1 aliphatic rings. The Hall–Kier alpha value is -2.41. The third-order valence-corrected chi connectivity index (χ3v) is 12.2. The van der Waals surface area contributed by atoms with Crippen LogP contribution in [-0.2, 0) is 4.74 Å². The van der Waals surface area contributed by atoms with Crippen LogP contribution in [-0.4, -0.2) is 62.9 Å². The van der Waals surface area contributed by atoms with Crippen LogP contribution in [0.25, 0.3) is 0 Å². The van der Waals surface area contributed by atoms with Crippen molar-refractivity contribution in [3.05, 3.63) is 77.9 Å². The smallest absolute Gasteiger partial charge is 0.337 e. The molecule has 0 bridgehead atoms. The Morgan fingerprint density at radius 3 is 2.33 bits per heavy atom. The molecule has 0 N–H and O–H groups in total. The molecule has 1 aliphatic heterocycles. The summed E-state index contributed by atoms with van der Waals surface area (Å²) in [4.78, 5) is 17.4. The summed E-state index contributed by atoms with van der Waals surface area (Å²) in [5, 5.41) is 0.114. The molecule has 1 fully saturated rings. The summed E-state index contributed by atoms with van der Waals surface area (Å²) >= 11 is 0. The molecule has 3 atom stereocenters. The molecule has 3 rings (SSSR count). The van der Waals surface area contributed by atoms with Gasteiger partial charge in [-0.15, -0.1) is 6.58 Å². The Bertz CT molecular complexity index is 1060. The number of hydrogen-bond donors (Lipinski definition) is 0. The number of carbonyl (C=O) groups excluding carboxylic acids is 1. The first-order chi connectivity index (χ1) is 16.9. The number of carbonyl (C=O) groups is 1. The average molecular weight is 509 g/mol. The molecule has 196 valence electrons. The van der Waals surface area contributed by atoms with Crippen molar-refractivity contribution in [2.45, 2.75) is 70.9 Å². The molecular weight excluding hydrogens is 464 g/mol. The summed E-state index contributed by atoms with van der Waals surface area (Å²) in [6.45, 7) is 22.6. The predicted molar refractivity (Wildman–Crippen MR) is 151 cm³/mol. The van der Waals surface area contributed by atoms with Gasteiger partial charge in [0.1, 0.15) is 5.75 Å². The number of benzene rings is 2. The maximum absolute atomic E-state index is 12.4. The van der Waals surface area contributed by atoms with E-state index in [0.717, 1.165) is 30.9 Å². The first-order valence-electron chi connectivity index (χ1n) is 13.0. The lowest BCUT2D eigenvalue weighted by Crippen LogP contribution is -2.57. The molecule has 0 spiro atoms. The van der Waals surface area contributed by atoms with Crippen molar-refractivity contribution in [1.29, 1.82) is 0 Å². The fraction of sp³-hybridized carbons (Fsp3) is 0.500. The van der Waals surface area contributed by atoms with E-state index >= 15 is 0 Å². The molecule has 0 radical (unpaired) electrons. The second kappa shape index (κ2) is 11.3. The van der Waals surface area contributed by atoms with Crippen LogP contribution in [0.4, 0.5) is 0 Å². The van der Waals surface area contributed by atoms with Crippen LogP contribution in [0.1, 0.15) is 62.1 Å². The van der Waals surface area contributed by atoms with Crippen molar-refractivity contribution in [1.82, 2.24) is 9.80 Å². The van der Waals surface area contributed by atoms with Crippen molar-refractivity contribution in [2.24, 2.45) is 0 Å². The Morgan fingerprint density at radius 1 is 1.08 bits per heavy atom. The molecule has 0 amide bonds. The molecule has 1 heterocycles. The van der Waals surface area contributed by atoms with Crippen LogP contribution in [0.2, 0.25) is 18.1 Å². The number of ether oxygens (including phenoxy) is 1. The van der Waals surface area contributed by atoms with Crippen molar-refractivity contribution in [2.75, 3.05) is 26.7 Å². The molecular formula is C30H44N2O3Si. The van der Waals surface area contributed by atoms with Gasteiger partial charge in [0.15, 0.2) is 0 Å². The summed E-state index contributed by atoms with van der Waals surface area (Å²) in [5.41, 5.74) is 2.82. The molecule has 2 aromatic carbocycles. The number of piperazine rings is 1. The minimum absolute atomic E-state index is 0.0131. The monoisotopic (exact) mass is 508 g/mol. The van der Waals surface area contributed by atoms with Gasteiger partial charge >= 0.3 is 5.97 Å². The quantitative estimate of drug-likeness (QED) is 0.230. The van der Waals surface area contributed by atoms with E-state index in [2.05, 4.69) is 94.4 Å². The van der Waals surface area contributed by atoms with Gasteiger partial charge in [0.2, 0.25) is 8.32 Å². The van der Waals surface area contributed by atoms with E-state index < -0.39 is 8.32 Å². The van der Waals surface area contributed by atoms with Gasteiger partial charge in [-0.3, -0.25) is 9.80 Å². The number of hydrogen-bond acceptors (Lipinski definition) is 5. The fourth-order valence-electron chi connectivity index (χ4n) is 4.73. The summed E-state index contributed by atoms with van der Waals surface area (Å²) in [5.74, 6) is 0.599. The summed E-state index contributed by atoms with van der Waals surface area (Å²) < 4.78 is 11.7. The third kappa shape index (κ3) is 6.28. The highest BCUT2D eigenvalue weighted by Gasteiger charge is 2.39. The van der Waals surface area contributed by atoms with Gasteiger partial charge in [-0.05, 0) is 67.4 Å². The molecule has 5 nitrogen and oxygen atoms in total. The second-order valence-electron chi connectivity index (χ2n) is 11.6. The van der Waals surface area contributed by atoms with Crippen LogP contribution in [0.3, 0.4) is 0 Å². The zero-order valence-corrected chi connectivity index (χ0v) is 24.4. The second-order valence-corrected chi connectivity index (χ2v) is 16.3. The molecule has 0 saturated carbocycles. The number of nitrogens with zero attached hydrogens (tertiary/aromatic N) is 2. The molecule has 36 heavy (non-hydrogen) atoms. The van der Waals surface area contributed by atoms with E-state index in [1.165, 1.54) is 12.7 Å². The molecule has 0 aromatic heterocycles. The Morgan fingerprint density at radius 2 is 1.72 bits per heavy atom. The van der Waals surface area contributed by atoms with Gasteiger partial charge < -0.3 is 9.16 Å². The van der Waals surface area contributed by atoms with Crippen LogP contribution < -0.4 is 4.43 Å². The molecule has 0 aliphatic carbocycles. The molecule has 1 unspecified atom stereocenters. The SMILES string of the molecule is C=CCN1C[C@@H](C)N(C(c2cccc(O[Si](C)(C)C(C)(C)C)c2)c2cccc(C(=O)OC)c2)C[C@H]1C. The van der Waals surface area contributed by atoms with Gasteiger partial charge in [-0.25, -0.2) is 4.79 Å². The summed E-state index contributed by atoms with van der Waals surface area (Å²) in [6, 6.07) is 17.1. The lowest BCUT2D eigenvalue weighted by Gasteiger charge is -2.47. The average Bonchev–Trinajstić information content (AvgIpc) is 2.81. The van der Waals surface area contributed by atoms with E-state index in [-0.39, 0.29) is 17.0 Å². The largest absolute Gasteiger partial charge is 0.543 e. The van der Waals surface area contributed by atoms with Crippen LogP contribution in [0.5, 0.6) is 5.75 Å². The van der Waals surface area contributed by atoms with Gasteiger partial charge in [0.05, 0.1) is 18.7 Å². The fourth-order valence-corrected chi connectivity index (χ4v) is 5.75. The van der Waals surface area contributed by atoms with Gasteiger partial charge in [0, 0.05) is 31.7 Å². The van der Waals surface area contributed by atoms with Crippen molar-refractivity contribution >= 4 is 14.3 Å². The van der Waals surface area contributed by atoms with E-state index in [0.29, 0.717) is 17.6 Å². The van der Waals surface area contributed by atoms with Gasteiger partial charge in [0.25, 0.3) is 0 Å². The standard InChI is InChI=1S/C30H44N2O3Si/c1-10-17-31-20-23(3)32(21-22(31)2)28(24-13-11-15-26(18-24)29(33)34-7)25-14-12-16-27(19-25)35-36(8,9)30(4,5)6/h10-16,18-19,22-23,28H,1,17,20-21H2,2-9H3/t22-,23-,28?/m1/s1. The van der Waals surface area contributed by atoms with Crippen LogP contribution in [0.15, 0.2) is 61.2 Å². The minimum Gasteiger partial charge on any atom is -0.543 e. The Kier molecular flexibility index (Phi) is 8.86. The number of esters is 1. The predicted octanol–water partition coefficient (Wildman–Crippen LogP) is 6.53. The summed E-state index contributed by atoms with van der Waals surface area (Å²) in [7, 11) is -0.557. The third-order valence-electron chi connectivity index (χ3n) is 7.84. The highest BCUT2D eigenvalue weighted by atomic mass is 28.4. The normalized spacial score (nSPS) is 20.6. The lowest BCUT2D eigenvalue weighted by atomic mass is 9.92. The zero-order valence-electron chi connectivity index (χ0n) is 23.4. The Labute approximate surface area is 219 Å². The first kappa shape index (κ1) is 28.2. The maximum Gasteiger partial charge on any atom is 0.337 e.